The van der Waals surface area contributed by atoms with Gasteiger partial charge in [0.05, 0.1) is 11.6 Å². The van der Waals surface area contributed by atoms with Gasteiger partial charge in [0, 0.05) is 18.7 Å². The molecular formula is C19H25N3O3. The number of rotatable bonds is 9. The van der Waals surface area contributed by atoms with Crippen LogP contribution in [0, 0.1) is 11.8 Å². The minimum atomic E-state index is -0.831. The summed E-state index contributed by atoms with van der Waals surface area (Å²) in [5.41, 5.74) is 0.905. The van der Waals surface area contributed by atoms with Gasteiger partial charge in [-0.25, -0.2) is 4.68 Å². The molecule has 0 saturated carbocycles. The Labute approximate surface area is 147 Å². The van der Waals surface area contributed by atoms with Crippen LogP contribution in [0.1, 0.15) is 39.5 Å². The number of anilines is 1. The van der Waals surface area contributed by atoms with Crippen LogP contribution in [-0.2, 0) is 9.59 Å². The highest BCUT2D eigenvalue weighted by atomic mass is 16.4. The number of hydrogen-bond donors (Lipinski definition) is 2. The van der Waals surface area contributed by atoms with Crippen molar-refractivity contribution >= 4 is 17.7 Å². The molecule has 0 aliphatic heterocycles. The molecule has 0 fully saturated rings. The summed E-state index contributed by atoms with van der Waals surface area (Å²) in [6, 6.07) is 11.3. The molecule has 6 heteroatoms. The number of benzene rings is 1. The van der Waals surface area contributed by atoms with E-state index in [4.69, 9.17) is 0 Å². The van der Waals surface area contributed by atoms with Gasteiger partial charge in [0.25, 0.3) is 0 Å². The lowest BCUT2D eigenvalue weighted by molar-refractivity contribution is -0.144. The van der Waals surface area contributed by atoms with Crippen molar-refractivity contribution in [2.45, 2.75) is 39.5 Å². The zero-order valence-electron chi connectivity index (χ0n) is 14.7. The van der Waals surface area contributed by atoms with Crippen LogP contribution in [-0.4, -0.2) is 26.8 Å². The van der Waals surface area contributed by atoms with Crippen molar-refractivity contribution in [3.63, 3.8) is 0 Å². The van der Waals surface area contributed by atoms with E-state index in [1.807, 2.05) is 44.2 Å². The molecule has 2 rings (SSSR count). The topological polar surface area (TPSA) is 84.2 Å². The standard InChI is InChI=1S/C19H25N3O3/c1-3-4-10-16(19(24)25)14(2)13-18(23)20-17-11-12-22(21-17)15-8-6-5-7-9-15/h5-9,11-12,14,16H,3-4,10,13H2,1-2H3,(H,24,25)(H,20,21,23)/t14-,16-/m1/s1. The Hall–Kier alpha value is -2.63. The average Bonchev–Trinajstić information content (AvgIpc) is 3.04. The van der Waals surface area contributed by atoms with Gasteiger partial charge in [0.2, 0.25) is 5.91 Å². The predicted octanol–water partition coefficient (Wildman–Crippen LogP) is 3.73. The van der Waals surface area contributed by atoms with E-state index in [1.54, 1.807) is 16.9 Å². The number of carboxylic acid groups (broad SMARTS) is 1. The van der Waals surface area contributed by atoms with Crippen molar-refractivity contribution < 1.29 is 14.7 Å². The summed E-state index contributed by atoms with van der Waals surface area (Å²) in [7, 11) is 0. The molecule has 0 unspecified atom stereocenters. The normalized spacial score (nSPS) is 13.2. The summed E-state index contributed by atoms with van der Waals surface area (Å²) in [6.45, 7) is 3.84. The van der Waals surface area contributed by atoms with E-state index in [0.29, 0.717) is 12.2 Å². The van der Waals surface area contributed by atoms with Crippen LogP contribution in [0.2, 0.25) is 0 Å². The Kier molecular flexibility index (Phi) is 6.74. The fourth-order valence-electron chi connectivity index (χ4n) is 2.82. The van der Waals surface area contributed by atoms with E-state index in [2.05, 4.69) is 10.4 Å². The minimum Gasteiger partial charge on any atom is -0.481 e. The van der Waals surface area contributed by atoms with Gasteiger partial charge in [-0.2, -0.15) is 5.10 Å². The molecule has 1 heterocycles. The minimum absolute atomic E-state index is 0.166. The quantitative estimate of drug-likeness (QED) is 0.726. The molecular weight excluding hydrogens is 318 g/mol. The van der Waals surface area contributed by atoms with Crippen LogP contribution in [0.25, 0.3) is 5.69 Å². The van der Waals surface area contributed by atoms with E-state index in [-0.39, 0.29) is 18.2 Å². The summed E-state index contributed by atoms with van der Waals surface area (Å²) < 4.78 is 1.68. The molecule has 0 aliphatic rings. The molecule has 0 spiro atoms. The molecule has 25 heavy (non-hydrogen) atoms. The zero-order chi connectivity index (χ0) is 18.2. The van der Waals surface area contributed by atoms with Gasteiger partial charge in [-0.15, -0.1) is 0 Å². The Morgan fingerprint density at radius 2 is 1.96 bits per heavy atom. The fourth-order valence-corrected chi connectivity index (χ4v) is 2.82. The lowest BCUT2D eigenvalue weighted by Gasteiger charge is -2.19. The highest BCUT2D eigenvalue weighted by Crippen LogP contribution is 2.22. The number of unbranched alkanes of at least 4 members (excludes halogenated alkanes) is 1. The second kappa shape index (κ2) is 9.01. The van der Waals surface area contributed by atoms with Crippen LogP contribution in [0.4, 0.5) is 5.82 Å². The summed E-state index contributed by atoms with van der Waals surface area (Å²) in [4.78, 5) is 23.6. The third kappa shape index (κ3) is 5.45. The van der Waals surface area contributed by atoms with Gasteiger partial charge in [-0.05, 0) is 24.5 Å². The van der Waals surface area contributed by atoms with Crippen LogP contribution in [0.15, 0.2) is 42.6 Å². The molecule has 1 aromatic heterocycles. The van der Waals surface area contributed by atoms with Crippen LogP contribution >= 0.6 is 0 Å². The molecule has 2 aromatic rings. The van der Waals surface area contributed by atoms with E-state index in [1.165, 1.54) is 0 Å². The Balaban J connectivity index is 1.93. The first kappa shape index (κ1) is 18.7. The van der Waals surface area contributed by atoms with E-state index >= 15 is 0 Å². The van der Waals surface area contributed by atoms with Gasteiger partial charge >= 0.3 is 5.97 Å². The first-order chi connectivity index (χ1) is 12.0. The molecule has 0 radical (unpaired) electrons. The maximum atomic E-state index is 12.2. The maximum absolute atomic E-state index is 12.2. The number of hydrogen-bond acceptors (Lipinski definition) is 3. The van der Waals surface area contributed by atoms with Gasteiger partial charge in [0.15, 0.2) is 5.82 Å². The zero-order valence-corrected chi connectivity index (χ0v) is 14.7. The molecule has 1 aromatic carbocycles. The molecule has 0 aliphatic carbocycles. The predicted molar refractivity (Wildman–Crippen MR) is 96.6 cm³/mol. The second-order valence-electron chi connectivity index (χ2n) is 6.30. The molecule has 0 saturated heterocycles. The third-order valence-corrected chi connectivity index (χ3v) is 4.26. The second-order valence-corrected chi connectivity index (χ2v) is 6.30. The summed E-state index contributed by atoms with van der Waals surface area (Å²) >= 11 is 0. The highest BCUT2D eigenvalue weighted by Gasteiger charge is 2.26. The van der Waals surface area contributed by atoms with Crippen molar-refractivity contribution in [1.82, 2.24) is 9.78 Å². The van der Waals surface area contributed by atoms with Crippen molar-refractivity contribution in [3.8, 4) is 5.69 Å². The van der Waals surface area contributed by atoms with E-state index < -0.39 is 11.9 Å². The number of nitrogens with one attached hydrogen (secondary N) is 1. The van der Waals surface area contributed by atoms with Crippen LogP contribution in [0.5, 0.6) is 0 Å². The Morgan fingerprint density at radius 3 is 2.60 bits per heavy atom. The van der Waals surface area contributed by atoms with Crippen molar-refractivity contribution in [3.05, 3.63) is 42.6 Å². The first-order valence-corrected chi connectivity index (χ1v) is 8.65. The number of carbonyl (C=O) groups is 2. The number of aliphatic carboxylic acids is 1. The number of nitrogens with zero attached hydrogens (tertiary/aromatic N) is 2. The average molecular weight is 343 g/mol. The van der Waals surface area contributed by atoms with Gasteiger partial charge in [-0.3, -0.25) is 9.59 Å². The Morgan fingerprint density at radius 1 is 1.24 bits per heavy atom. The molecule has 6 nitrogen and oxygen atoms in total. The molecule has 1 amide bonds. The van der Waals surface area contributed by atoms with E-state index in [9.17, 15) is 14.7 Å². The first-order valence-electron chi connectivity index (χ1n) is 8.65. The van der Waals surface area contributed by atoms with Gasteiger partial charge < -0.3 is 10.4 Å². The maximum Gasteiger partial charge on any atom is 0.306 e. The summed E-state index contributed by atoms with van der Waals surface area (Å²) in [5.74, 6) is -1.30. The number of carboxylic acids is 1. The molecule has 2 atom stereocenters. The molecule has 134 valence electrons. The molecule has 2 N–H and O–H groups in total. The number of carbonyl (C=O) groups excluding carboxylic acids is 1. The smallest absolute Gasteiger partial charge is 0.306 e. The summed E-state index contributed by atoms with van der Waals surface area (Å²) in [6.07, 6.45) is 4.33. The van der Waals surface area contributed by atoms with Gasteiger partial charge in [0.1, 0.15) is 0 Å². The number of aromatic nitrogens is 2. The monoisotopic (exact) mass is 343 g/mol. The fraction of sp³-hybridized carbons (Fsp3) is 0.421. The number of amides is 1. The van der Waals surface area contributed by atoms with Crippen molar-refractivity contribution in [2.24, 2.45) is 11.8 Å². The van der Waals surface area contributed by atoms with Gasteiger partial charge in [-0.1, -0.05) is 44.9 Å². The third-order valence-electron chi connectivity index (χ3n) is 4.26. The molecule has 0 bridgehead atoms. The SMILES string of the molecule is CCCC[C@@H](C(=O)O)[C@H](C)CC(=O)Nc1ccn(-c2ccccc2)n1. The van der Waals surface area contributed by atoms with Crippen molar-refractivity contribution in [1.29, 1.82) is 0 Å². The van der Waals surface area contributed by atoms with Crippen LogP contribution < -0.4 is 5.32 Å². The van der Waals surface area contributed by atoms with Crippen LogP contribution in [0.3, 0.4) is 0 Å². The largest absolute Gasteiger partial charge is 0.481 e. The number of para-hydroxylation sites is 1. The van der Waals surface area contributed by atoms with E-state index in [0.717, 1.165) is 18.5 Å². The Bertz CT molecular complexity index is 697. The lowest BCUT2D eigenvalue weighted by Crippen LogP contribution is -2.26. The lowest BCUT2D eigenvalue weighted by atomic mass is 9.87. The highest BCUT2D eigenvalue weighted by molar-refractivity contribution is 5.90. The van der Waals surface area contributed by atoms with Crippen molar-refractivity contribution in [2.75, 3.05) is 5.32 Å². The summed E-state index contributed by atoms with van der Waals surface area (Å²) in [5, 5.41) is 16.4.